The second kappa shape index (κ2) is 10.5. The Bertz CT molecular complexity index is 1430. The molecule has 1 N–H and O–H groups in total. The highest BCUT2D eigenvalue weighted by Crippen LogP contribution is 2.42. The summed E-state index contributed by atoms with van der Waals surface area (Å²) in [6.07, 6.45) is -4.51. The van der Waals surface area contributed by atoms with E-state index < -0.39 is 28.8 Å². The smallest absolute Gasteiger partial charge is 0.321 e. The van der Waals surface area contributed by atoms with Crippen LogP contribution in [-0.2, 0) is 22.2 Å². The number of nitriles is 1. The van der Waals surface area contributed by atoms with E-state index in [9.17, 15) is 28.0 Å². The van der Waals surface area contributed by atoms with Gasteiger partial charge >= 0.3 is 6.18 Å². The number of para-hydroxylation sites is 1. The molecule has 1 aliphatic heterocycles. The Labute approximate surface area is 216 Å². The van der Waals surface area contributed by atoms with E-state index in [1.165, 1.54) is 17.0 Å². The molecule has 3 aromatic carbocycles. The molecule has 9 heteroatoms. The monoisotopic (exact) mass is 521 g/mol. The number of hydrogen-bond acceptors (Lipinski definition) is 4. The number of thioether (sulfide) groups is 1. The lowest BCUT2D eigenvalue weighted by Crippen LogP contribution is -2.31. The Hall–Kier alpha value is -4.03. The molecule has 1 aliphatic rings. The van der Waals surface area contributed by atoms with Gasteiger partial charge in [0.05, 0.1) is 10.8 Å². The lowest BCUT2D eigenvalue weighted by molar-refractivity contribution is -0.137. The second-order valence-corrected chi connectivity index (χ2v) is 9.75. The van der Waals surface area contributed by atoms with Crippen LogP contribution < -0.4 is 10.2 Å². The molecule has 1 atom stereocenters. The van der Waals surface area contributed by atoms with E-state index >= 15 is 0 Å². The van der Waals surface area contributed by atoms with E-state index in [1.807, 2.05) is 26.0 Å². The molecule has 0 saturated carbocycles. The zero-order valence-electron chi connectivity index (χ0n) is 20.0. The minimum absolute atomic E-state index is 0.00270. The normalized spacial score (nSPS) is 16.9. The van der Waals surface area contributed by atoms with Crippen LogP contribution in [0.1, 0.15) is 22.3 Å². The van der Waals surface area contributed by atoms with Crippen molar-refractivity contribution < 1.29 is 22.8 Å². The van der Waals surface area contributed by atoms with Crippen LogP contribution in [0.25, 0.3) is 0 Å². The number of alkyl halides is 3. The Morgan fingerprint density at radius 3 is 2.41 bits per heavy atom. The molecule has 37 heavy (non-hydrogen) atoms. The van der Waals surface area contributed by atoms with Gasteiger partial charge in [-0.25, -0.2) is 0 Å². The van der Waals surface area contributed by atoms with Crippen LogP contribution in [0.15, 0.2) is 83.4 Å². The fourth-order valence-electron chi connectivity index (χ4n) is 3.89. The quantitative estimate of drug-likeness (QED) is 0.312. The summed E-state index contributed by atoms with van der Waals surface area (Å²) in [5.41, 5.74) is 2.12. The Kier molecular flexibility index (Phi) is 7.41. The third-order valence-corrected chi connectivity index (χ3v) is 7.22. The average Bonchev–Trinajstić information content (AvgIpc) is 3.17. The average molecular weight is 522 g/mol. The molecule has 0 aromatic heterocycles. The fraction of sp³-hybridized carbons (Fsp3) is 0.179. The number of halogens is 3. The van der Waals surface area contributed by atoms with Crippen molar-refractivity contribution in [2.75, 3.05) is 10.2 Å². The lowest BCUT2D eigenvalue weighted by Gasteiger charge is -2.20. The number of nitrogens with one attached hydrogen (secondary N) is 1. The molecule has 5 nitrogen and oxygen atoms in total. The van der Waals surface area contributed by atoms with Crippen LogP contribution >= 0.6 is 11.8 Å². The molecule has 1 saturated heterocycles. The number of carbonyl (C=O) groups is 2. The summed E-state index contributed by atoms with van der Waals surface area (Å²) in [5.74, 6) is -1.10. The first kappa shape index (κ1) is 26.0. The third kappa shape index (κ3) is 5.70. The standard InChI is InChI=1S/C28H22F3N3O2S/c1-17-11-12-22(13-18(17)2)34-26(36)24(15-19-7-6-8-20(14-19)28(29,30)31)37-27(34)23(16-32)25(35)33-21-9-4-3-5-10-21/h3-14,24H,15H2,1-2H3,(H,33,35)/b27-23-. The van der Waals surface area contributed by atoms with E-state index in [2.05, 4.69) is 5.32 Å². The summed E-state index contributed by atoms with van der Waals surface area (Å²) in [6, 6.07) is 20.7. The maximum absolute atomic E-state index is 13.6. The van der Waals surface area contributed by atoms with Crippen molar-refractivity contribution in [3.63, 3.8) is 0 Å². The molecule has 1 fully saturated rings. The summed E-state index contributed by atoms with van der Waals surface area (Å²) in [6.45, 7) is 3.80. The van der Waals surface area contributed by atoms with Crippen molar-refractivity contribution in [3.05, 3.63) is 106 Å². The maximum Gasteiger partial charge on any atom is 0.416 e. The molecule has 0 spiro atoms. The first-order chi connectivity index (χ1) is 17.6. The Morgan fingerprint density at radius 1 is 1.03 bits per heavy atom. The van der Waals surface area contributed by atoms with Crippen molar-refractivity contribution in [3.8, 4) is 6.07 Å². The van der Waals surface area contributed by atoms with Gasteiger partial charge in [-0.2, -0.15) is 18.4 Å². The molecule has 0 bridgehead atoms. The molecule has 2 amide bonds. The van der Waals surface area contributed by atoms with Crippen LogP contribution in [0, 0.1) is 25.2 Å². The van der Waals surface area contributed by atoms with E-state index in [-0.39, 0.29) is 17.0 Å². The highest BCUT2D eigenvalue weighted by atomic mass is 32.2. The van der Waals surface area contributed by atoms with Crippen molar-refractivity contribution in [2.24, 2.45) is 0 Å². The van der Waals surface area contributed by atoms with Crippen LogP contribution in [-0.4, -0.2) is 17.1 Å². The molecule has 1 heterocycles. The zero-order chi connectivity index (χ0) is 26.7. The lowest BCUT2D eigenvalue weighted by atomic mass is 10.0. The zero-order valence-corrected chi connectivity index (χ0v) is 20.8. The van der Waals surface area contributed by atoms with Gasteiger partial charge < -0.3 is 5.32 Å². The summed E-state index contributed by atoms with van der Waals surface area (Å²) in [4.78, 5) is 28.0. The molecule has 1 unspecified atom stereocenters. The van der Waals surface area contributed by atoms with Gasteiger partial charge in [0.25, 0.3) is 5.91 Å². The van der Waals surface area contributed by atoms with Gasteiger partial charge in [-0.15, -0.1) is 0 Å². The van der Waals surface area contributed by atoms with Gasteiger partial charge in [0.2, 0.25) is 5.91 Å². The van der Waals surface area contributed by atoms with Gasteiger partial charge in [-0.3, -0.25) is 14.5 Å². The van der Waals surface area contributed by atoms with E-state index in [0.29, 0.717) is 16.9 Å². The van der Waals surface area contributed by atoms with Gasteiger partial charge in [-0.1, -0.05) is 54.2 Å². The SMILES string of the molecule is Cc1ccc(N2C(=O)C(Cc3cccc(C(F)(F)F)c3)S/C2=C(/C#N)C(=O)Nc2ccccc2)cc1C. The number of anilines is 2. The van der Waals surface area contributed by atoms with Crippen LogP contribution in [0.2, 0.25) is 0 Å². The predicted octanol–water partition coefficient (Wildman–Crippen LogP) is 6.39. The molecular weight excluding hydrogens is 499 g/mol. The predicted molar refractivity (Wildman–Crippen MR) is 138 cm³/mol. The summed E-state index contributed by atoms with van der Waals surface area (Å²) < 4.78 is 39.7. The largest absolute Gasteiger partial charge is 0.416 e. The van der Waals surface area contributed by atoms with Crippen molar-refractivity contribution in [1.29, 1.82) is 5.26 Å². The maximum atomic E-state index is 13.6. The van der Waals surface area contributed by atoms with Gasteiger partial charge in [0.1, 0.15) is 16.7 Å². The van der Waals surface area contributed by atoms with Crippen molar-refractivity contribution in [2.45, 2.75) is 31.7 Å². The Morgan fingerprint density at radius 2 is 1.76 bits per heavy atom. The van der Waals surface area contributed by atoms with Crippen LogP contribution in [0.5, 0.6) is 0 Å². The van der Waals surface area contributed by atoms with E-state index in [0.717, 1.165) is 35.0 Å². The van der Waals surface area contributed by atoms with Gasteiger partial charge in [0, 0.05) is 11.4 Å². The Balaban J connectivity index is 1.74. The summed E-state index contributed by atoms with van der Waals surface area (Å²) >= 11 is 1.00. The number of carbonyl (C=O) groups excluding carboxylic acids is 2. The van der Waals surface area contributed by atoms with Crippen molar-refractivity contribution in [1.82, 2.24) is 0 Å². The number of aryl methyl sites for hydroxylation is 2. The van der Waals surface area contributed by atoms with E-state index in [1.54, 1.807) is 42.5 Å². The first-order valence-electron chi connectivity index (χ1n) is 11.3. The van der Waals surface area contributed by atoms with Gasteiger partial charge in [0.15, 0.2) is 0 Å². The summed E-state index contributed by atoms with van der Waals surface area (Å²) in [7, 11) is 0. The topological polar surface area (TPSA) is 73.2 Å². The van der Waals surface area contributed by atoms with E-state index in [4.69, 9.17) is 0 Å². The number of hydrogen-bond donors (Lipinski definition) is 1. The number of benzene rings is 3. The molecule has 0 aliphatic carbocycles. The number of nitrogens with zero attached hydrogens (tertiary/aromatic N) is 2. The van der Waals surface area contributed by atoms with Crippen molar-refractivity contribution >= 4 is 35.0 Å². The second-order valence-electron chi connectivity index (χ2n) is 8.56. The molecule has 4 rings (SSSR count). The number of rotatable bonds is 5. The van der Waals surface area contributed by atoms with Crippen LogP contribution in [0.4, 0.5) is 24.5 Å². The molecule has 0 radical (unpaired) electrons. The molecular formula is C28H22F3N3O2S. The van der Waals surface area contributed by atoms with Gasteiger partial charge in [-0.05, 0) is 67.3 Å². The minimum atomic E-state index is -4.51. The minimum Gasteiger partial charge on any atom is -0.321 e. The highest BCUT2D eigenvalue weighted by Gasteiger charge is 2.41. The first-order valence-corrected chi connectivity index (χ1v) is 12.2. The summed E-state index contributed by atoms with van der Waals surface area (Å²) in [5, 5.41) is 11.9. The highest BCUT2D eigenvalue weighted by molar-refractivity contribution is 8.05. The third-order valence-electron chi connectivity index (χ3n) is 5.96. The number of amides is 2. The van der Waals surface area contributed by atoms with Crippen LogP contribution in [0.3, 0.4) is 0 Å². The fourth-order valence-corrected chi connectivity index (χ4v) is 5.20. The molecule has 188 valence electrons. The molecule has 3 aromatic rings.